The number of hydrogen-bond acceptors (Lipinski definition) is 5. The number of fused-ring (bicyclic) bond motifs is 1. The summed E-state index contributed by atoms with van der Waals surface area (Å²) < 4.78 is 5.92. The average Bonchev–Trinajstić information content (AvgIpc) is 3.10. The summed E-state index contributed by atoms with van der Waals surface area (Å²) in [6.07, 6.45) is 1.01. The van der Waals surface area contributed by atoms with Crippen LogP contribution in [0.25, 0.3) is 20.7 Å². The zero-order valence-corrected chi connectivity index (χ0v) is 12.6. The van der Waals surface area contributed by atoms with Gasteiger partial charge in [0.25, 0.3) is 0 Å². The molecule has 0 aliphatic rings. The molecular weight excluding hydrogens is 290 g/mol. The number of aryl methyl sites for hydroxylation is 1. The maximum Gasteiger partial charge on any atom is 0.305 e. The number of rotatable bonds is 4. The summed E-state index contributed by atoms with van der Waals surface area (Å²) in [5.41, 5.74) is 2.13. The van der Waals surface area contributed by atoms with E-state index in [4.69, 9.17) is 0 Å². The van der Waals surface area contributed by atoms with Crippen LogP contribution in [-0.2, 0) is 16.0 Å². The highest BCUT2D eigenvalue weighted by Gasteiger charge is 2.11. The first-order valence-electron chi connectivity index (χ1n) is 6.26. The lowest BCUT2D eigenvalue weighted by Gasteiger charge is -1.96. The molecule has 0 fully saturated rings. The van der Waals surface area contributed by atoms with Crippen LogP contribution >= 0.6 is 22.7 Å². The van der Waals surface area contributed by atoms with Gasteiger partial charge in [0.2, 0.25) is 0 Å². The molecule has 3 nitrogen and oxygen atoms in total. The zero-order valence-electron chi connectivity index (χ0n) is 11.0. The minimum atomic E-state index is -0.194. The average molecular weight is 303 g/mol. The van der Waals surface area contributed by atoms with Crippen molar-refractivity contribution in [2.45, 2.75) is 12.8 Å². The lowest BCUT2D eigenvalue weighted by molar-refractivity contribution is -0.140. The minimum Gasteiger partial charge on any atom is -0.469 e. The smallest absolute Gasteiger partial charge is 0.305 e. The molecule has 0 radical (unpaired) electrons. The number of esters is 1. The molecule has 3 rings (SSSR count). The number of carbonyl (C=O) groups is 1. The number of carbonyl (C=O) groups excluding carboxylic acids is 1. The van der Waals surface area contributed by atoms with Crippen LogP contribution in [0.5, 0.6) is 0 Å². The molecule has 2 heterocycles. The molecule has 3 aromatic rings. The van der Waals surface area contributed by atoms with E-state index >= 15 is 0 Å². The van der Waals surface area contributed by atoms with Gasteiger partial charge in [0.05, 0.1) is 19.2 Å². The van der Waals surface area contributed by atoms with Crippen LogP contribution in [0.4, 0.5) is 0 Å². The van der Waals surface area contributed by atoms with E-state index in [1.807, 2.05) is 17.5 Å². The third kappa shape index (κ3) is 2.59. The molecule has 0 saturated heterocycles. The molecule has 0 spiro atoms. The predicted molar refractivity (Wildman–Crippen MR) is 83.3 cm³/mol. The molecule has 0 atom stereocenters. The Labute approximate surface area is 124 Å². The van der Waals surface area contributed by atoms with Gasteiger partial charge in [0.1, 0.15) is 5.01 Å². The number of methoxy groups -OCH3 is 1. The van der Waals surface area contributed by atoms with E-state index in [9.17, 15) is 4.79 Å². The quantitative estimate of drug-likeness (QED) is 0.680. The Morgan fingerprint density at radius 3 is 2.95 bits per heavy atom. The highest BCUT2D eigenvalue weighted by molar-refractivity contribution is 7.18. The fraction of sp³-hybridized carbons (Fsp3) is 0.200. The fourth-order valence-electron chi connectivity index (χ4n) is 2.02. The number of hydrogen-bond donors (Lipinski definition) is 0. The Kier molecular flexibility index (Phi) is 3.80. The van der Waals surface area contributed by atoms with E-state index in [1.54, 1.807) is 22.7 Å². The van der Waals surface area contributed by atoms with Gasteiger partial charge in [0, 0.05) is 32.8 Å². The normalized spacial score (nSPS) is 10.8. The van der Waals surface area contributed by atoms with Crippen molar-refractivity contribution in [2.75, 3.05) is 7.11 Å². The molecule has 0 aliphatic carbocycles. The topological polar surface area (TPSA) is 39.2 Å². The van der Waals surface area contributed by atoms with Gasteiger partial charge in [0.15, 0.2) is 0 Å². The molecule has 2 aromatic heterocycles. The molecule has 1 aromatic carbocycles. The summed E-state index contributed by atoms with van der Waals surface area (Å²) in [5.74, 6) is -0.194. The molecule has 102 valence electrons. The molecule has 20 heavy (non-hydrogen) atoms. The minimum absolute atomic E-state index is 0.194. The summed E-state index contributed by atoms with van der Waals surface area (Å²) in [6.45, 7) is 0. The second kappa shape index (κ2) is 5.73. The molecule has 0 bridgehead atoms. The fourth-order valence-corrected chi connectivity index (χ4v) is 3.93. The number of aromatic nitrogens is 1. The maximum absolute atomic E-state index is 11.2. The summed E-state index contributed by atoms with van der Waals surface area (Å²) in [4.78, 5) is 15.8. The van der Waals surface area contributed by atoms with E-state index in [0.29, 0.717) is 12.8 Å². The highest BCUT2D eigenvalue weighted by Crippen LogP contribution is 2.35. The van der Waals surface area contributed by atoms with Crippen molar-refractivity contribution in [3.63, 3.8) is 0 Å². The van der Waals surface area contributed by atoms with E-state index in [-0.39, 0.29) is 5.97 Å². The van der Waals surface area contributed by atoms with Gasteiger partial charge in [-0.1, -0.05) is 18.2 Å². The largest absolute Gasteiger partial charge is 0.469 e. The third-order valence-electron chi connectivity index (χ3n) is 3.08. The second-order valence-electron chi connectivity index (χ2n) is 4.37. The Morgan fingerprint density at radius 1 is 1.25 bits per heavy atom. The van der Waals surface area contributed by atoms with Crippen LogP contribution in [0, 0.1) is 0 Å². The molecule has 0 amide bonds. The first-order chi connectivity index (χ1) is 9.78. The Bertz CT molecular complexity index is 745. The Hall–Kier alpha value is -1.72. The van der Waals surface area contributed by atoms with Crippen LogP contribution in [-0.4, -0.2) is 18.1 Å². The van der Waals surface area contributed by atoms with Crippen molar-refractivity contribution in [1.82, 2.24) is 4.98 Å². The first-order valence-corrected chi connectivity index (χ1v) is 8.01. The van der Waals surface area contributed by atoms with Crippen LogP contribution in [0.15, 0.2) is 35.0 Å². The van der Waals surface area contributed by atoms with E-state index < -0.39 is 0 Å². The van der Waals surface area contributed by atoms with Crippen LogP contribution < -0.4 is 0 Å². The van der Waals surface area contributed by atoms with Crippen LogP contribution in [0.1, 0.15) is 12.1 Å². The van der Waals surface area contributed by atoms with Crippen molar-refractivity contribution in [3.05, 3.63) is 40.7 Å². The lowest BCUT2D eigenvalue weighted by Crippen LogP contribution is -2.01. The number of benzene rings is 1. The van der Waals surface area contributed by atoms with Gasteiger partial charge < -0.3 is 4.74 Å². The van der Waals surface area contributed by atoms with Gasteiger partial charge in [-0.3, -0.25) is 4.79 Å². The number of thiophene rings is 1. The Balaban J connectivity index is 1.84. The van der Waals surface area contributed by atoms with E-state index in [2.05, 4.69) is 27.2 Å². The SMILES string of the molecule is COC(=O)CCc1csc(-c2csc3ccccc23)n1. The lowest BCUT2D eigenvalue weighted by atomic mass is 10.2. The monoisotopic (exact) mass is 303 g/mol. The first kappa shape index (κ1) is 13.3. The van der Waals surface area contributed by atoms with Crippen molar-refractivity contribution in [1.29, 1.82) is 0 Å². The van der Waals surface area contributed by atoms with Crippen molar-refractivity contribution in [2.24, 2.45) is 0 Å². The van der Waals surface area contributed by atoms with Gasteiger partial charge in [-0.15, -0.1) is 22.7 Å². The Morgan fingerprint density at radius 2 is 2.10 bits per heavy atom. The zero-order chi connectivity index (χ0) is 13.9. The molecule has 0 aliphatic heterocycles. The molecule has 0 saturated carbocycles. The summed E-state index contributed by atoms with van der Waals surface area (Å²) >= 11 is 3.36. The highest BCUT2D eigenvalue weighted by atomic mass is 32.1. The van der Waals surface area contributed by atoms with Crippen molar-refractivity contribution in [3.8, 4) is 10.6 Å². The number of nitrogens with zero attached hydrogens (tertiary/aromatic N) is 1. The second-order valence-corrected chi connectivity index (χ2v) is 6.13. The number of ether oxygens (including phenoxy) is 1. The van der Waals surface area contributed by atoms with Gasteiger partial charge in [-0.05, 0) is 6.07 Å². The predicted octanol–water partition coefficient (Wildman–Crippen LogP) is 4.13. The molecular formula is C15H13NO2S2. The summed E-state index contributed by atoms with van der Waals surface area (Å²) in [5, 5.41) is 6.42. The van der Waals surface area contributed by atoms with E-state index in [0.717, 1.165) is 10.7 Å². The maximum atomic E-state index is 11.2. The van der Waals surface area contributed by atoms with Crippen LogP contribution in [0.3, 0.4) is 0 Å². The number of thiazole rings is 1. The molecule has 0 N–H and O–H groups in total. The van der Waals surface area contributed by atoms with Gasteiger partial charge in [-0.25, -0.2) is 4.98 Å². The van der Waals surface area contributed by atoms with Crippen molar-refractivity contribution >= 4 is 38.7 Å². The van der Waals surface area contributed by atoms with Crippen LogP contribution in [0.2, 0.25) is 0 Å². The van der Waals surface area contributed by atoms with Crippen molar-refractivity contribution < 1.29 is 9.53 Å². The van der Waals surface area contributed by atoms with E-state index in [1.165, 1.54) is 22.8 Å². The van der Waals surface area contributed by atoms with Gasteiger partial charge >= 0.3 is 5.97 Å². The molecule has 5 heteroatoms. The summed E-state index contributed by atoms with van der Waals surface area (Å²) in [7, 11) is 1.41. The molecule has 0 unspecified atom stereocenters. The standard InChI is InChI=1S/C15H13NO2S2/c1-18-14(17)7-6-10-8-20-15(16-10)12-9-19-13-5-3-2-4-11(12)13/h2-5,8-9H,6-7H2,1H3. The van der Waals surface area contributed by atoms with Gasteiger partial charge in [-0.2, -0.15) is 0 Å². The summed E-state index contributed by atoms with van der Waals surface area (Å²) in [6, 6.07) is 8.34. The third-order valence-corrected chi connectivity index (χ3v) is 4.96.